The number of piperidine rings is 1. The Hall–Kier alpha value is -2.31. The first kappa shape index (κ1) is 22.9. The van der Waals surface area contributed by atoms with Gasteiger partial charge < -0.3 is 14.3 Å². The van der Waals surface area contributed by atoms with Gasteiger partial charge in [-0.05, 0) is 37.3 Å². The van der Waals surface area contributed by atoms with Crippen molar-refractivity contribution in [3.63, 3.8) is 0 Å². The van der Waals surface area contributed by atoms with Crippen LogP contribution in [0.5, 0.6) is 0 Å². The van der Waals surface area contributed by atoms with Gasteiger partial charge in [-0.15, -0.1) is 0 Å². The first-order valence-corrected chi connectivity index (χ1v) is 12.1. The molecule has 6 heteroatoms. The molecule has 1 N–H and O–H groups in total. The highest BCUT2D eigenvalue weighted by molar-refractivity contribution is 5.81. The van der Waals surface area contributed by atoms with Crippen molar-refractivity contribution in [2.24, 2.45) is 5.92 Å². The first-order chi connectivity index (χ1) is 15.5. The fourth-order valence-corrected chi connectivity index (χ4v) is 5.58. The largest absolute Gasteiger partial charge is 0.454 e. The first-order valence-electron chi connectivity index (χ1n) is 12.1. The number of quaternary nitrogens is 1. The molecule has 2 fully saturated rings. The molecule has 1 saturated heterocycles. The van der Waals surface area contributed by atoms with E-state index in [0.717, 1.165) is 81.2 Å². The summed E-state index contributed by atoms with van der Waals surface area (Å²) in [5.74, 6) is -0.537. The number of likely N-dealkylation sites (tertiary alicyclic amines) is 1. The summed E-state index contributed by atoms with van der Waals surface area (Å²) in [5, 5.41) is 11.7. The summed E-state index contributed by atoms with van der Waals surface area (Å²) in [4.78, 5) is 21.7. The van der Waals surface area contributed by atoms with E-state index in [4.69, 9.17) is 4.74 Å². The highest BCUT2D eigenvalue weighted by Gasteiger charge is 2.49. The number of nitrogens with zero attached hydrogens (tertiary/aromatic N) is 3. The minimum Gasteiger partial charge on any atom is -0.454 e. The van der Waals surface area contributed by atoms with Crippen molar-refractivity contribution < 1.29 is 19.1 Å². The van der Waals surface area contributed by atoms with Gasteiger partial charge in [0.05, 0.1) is 20.1 Å². The van der Waals surface area contributed by atoms with Gasteiger partial charge in [0.1, 0.15) is 12.9 Å². The maximum absolute atomic E-state index is 13.4. The van der Waals surface area contributed by atoms with Gasteiger partial charge in [-0.3, -0.25) is 0 Å². The Morgan fingerprint density at radius 2 is 1.94 bits per heavy atom. The van der Waals surface area contributed by atoms with E-state index >= 15 is 0 Å². The van der Waals surface area contributed by atoms with Gasteiger partial charge in [0.2, 0.25) is 0 Å². The lowest BCUT2D eigenvalue weighted by molar-refractivity contribution is -0.917. The minimum absolute atomic E-state index is 0.0743. The van der Waals surface area contributed by atoms with Crippen molar-refractivity contribution >= 4 is 5.97 Å². The molecule has 0 amide bonds. The molecule has 2 aliphatic rings. The molecule has 1 aliphatic carbocycles. The summed E-state index contributed by atoms with van der Waals surface area (Å²) >= 11 is 0. The summed E-state index contributed by atoms with van der Waals surface area (Å²) in [6, 6.07) is 11.4. The summed E-state index contributed by atoms with van der Waals surface area (Å²) in [7, 11) is 2.25. The number of likely N-dealkylation sites (N-methyl/N-ethyl adjacent to an activating group) is 1. The lowest BCUT2D eigenvalue weighted by Crippen LogP contribution is -2.55. The van der Waals surface area contributed by atoms with Gasteiger partial charge in [-0.2, -0.15) is 0 Å². The predicted molar refractivity (Wildman–Crippen MR) is 123 cm³/mol. The van der Waals surface area contributed by atoms with Crippen LogP contribution in [0.1, 0.15) is 56.2 Å². The number of hydrogen-bond donors (Lipinski definition) is 1. The Kier molecular flexibility index (Phi) is 7.21. The number of aryl methyl sites for hydroxylation is 1. The molecule has 3 atom stereocenters. The zero-order valence-corrected chi connectivity index (χ0v) is 19.2. The lowest BCUT2D eigenvalue weighted by atomic mass is 9.80. The van der Waals surface area contributed by atoms with Crippen LogP contribution in [-0.2, 0) is 21.6 Å². The molecule has 32 heavy (non-hydrogen) atoms. The second-order valence-corrected chi connectivity index (χ2v) is 9.84. The van der Waals surface area contributed by atoms with Gasteiger partial charge in [0.15, 0.2) is 11.7 Å². The van der Waals surface area contributed by atoms with E-state index in [1.807, 2.05) is 36.4 Å². The van der Waals surface area contributed by atoms with Gasteiger partial charge in [-0.1, -0.05) is 43.2 Å². The maximum atomic E-state index is 13.4. The third-order valence-electron chi connectivity index (χ3n) is 7.39. The third kappa shape index (κ3) is 5.18. The van der Waals surface area contributed by atoms with Gasteiger partial charge in [0.25, 0.3) is 0 Å². The molecule has 1 saturated carbocycles. The molecule has 0 spiro atoms. The van der Waals surface area contributed by atoms with Crippen molar-refractivity contribution in [1.82, 2.24) is 9.97 Å². The molecular weight excluding hydrogens is 402 g/mol. The molecule has 1 aliphatic heterocycles. The fourth-order valence-electron chi connectivity index (χ4n) is 5.58. The van der Waals surface area contributed by atoms with Crippen molar-refractivity contribution in [3.05, 3.63) is 60.2 Å². The zero-order chi connectivity index (χ0) is 22.4. The quantitative estimate of drug-likeness (QED) is 0.503. The van der Waals surface area contributed by atoms with Crippen molar-refractivity contribution in [2.75, 3.05) is 26.7 Å². The van der Waals surface area contributed by atoms with Crippen LogP contribution < -0.4 is 0 Å². The van der Waals surface area contributed by atoms with Crippen LogP contribution >= 0.6 is 0 Å². The minimum atomic E-state index is -1.55. The number of esters is 1. The number of carbonyl (C=O) groups is 1. The smallest absolute Gasteiger partial charge is 0.343 e. The predicted octanol–water partition coefficient (Wildman–Crippen LogP) is 3.64. The maximum Gasteiger partial charge on any atom is 0.343 e. The lowest BCUT2D eigenvalue weighted by Gasteiger charge is -2.42. The molecule has 4 rings (SSSR count). The van der Waals surface area contributed by atoms with Crippen LogP contribution in [-0.4, -0.2) is 58.3 Å². The van der Waals surface area contributed by atoms with E-state index in [9.17, 15) is 9.90 Å². The van der Waals surface area contributed by atoms with E-state index < -0.39 is 11.6 Å². The number of aliphatic hydroxyl groups is 1. The summed E-state index contributed by atoms with van der Waals surface area (Å²) < 4.78 is 6.94. The molecule has 1 aromatic heterocycles. The Balaban J connectivity index is 1.40. The van der Waals surface area contributed by atoms with Crippen LogP contribution in [0.15, 0.2) is 48.9 Å². The Bertz CT molecular complexity index is 872. The molecule has 6 nitrogen and oxygen atoms in total. The Morgan fingerprint density at radius 1 is 1.16 bits per heavy atom. The number of carbonyl (C=O) groups excluding carboxylic acids is 1. The Labute approximate surface area is 191 Å². The van der Waals surface area contributed by atoms with Crippen LogP contribution in [0.25, 0.3) is 0 Å². The highest BCUT2D eigenvalue weighted by atomic mass is 16.6. The summed E-state index contributed by atoms with van der Waals surface area (Å²) in [6.45, 7) is 2.90. The number of benzene rings is 1. The molecule has 0 bridgehead atoms. The van der Waals surface area contributed by atoms with Gasteiger partial charge in [-0.25, -0.2) is 14.8 Å². The molecule has 2 heterocycles. The second kappa shape index (κ2) is 10.1. The molecule has 2 aromatic rings. The van der Waals surface area contributed by atoms with E-state index in [1.165, 1.54) is 0 Å². The number of ether oxygens (including phenoxy) is 1. The van der Waals surface area contributed by atoms with E-state index in [-0.39, 0.29) is 12.0 Å². The third-order valence-corrected chi connectivity index (χ3v) is 7.39. The van der Waals surface area contributed by atoms with Crippen LogP contribution in [0, 0.1) is 5.92 Å². The SMILES string of the molecule is C[N+]1(CCCc2ccncn2)CCC[C@@H](OC(=O)C(O)(c2ccccc2)C2CCCC2)C1. The van der Waals surface area contributed by atoms with Crippen molar-refractivity contribution in [2.45, 2.75) is 63.1 Å². The van der Waals surface area contributed by atoms with E-state index in [2.05, 4.69) is 17.0 Å². The van der Waals surface area contributed by atoms with Gasteiger partial charge >= 0.3 is 5.97 Å². The number of rotatable bonds is 8. The van der Waals surface area contributed by atoms with Crippen LogP contribution in [0.4, 0.5) is 0 Å². The van der Waals surface area contributed by atoms with E-state index in [0.29, 0.717) is 5.56 Å². The topological polar surface area (TPSA) is 72.3 Å². The zero-order valence-electron chi connectivity index (χ0n) is 19.2. The standard InChI is InChI=1S/C26H36N3O3/c1-29(17-7-13-23-15-16-27-20-28-23)18-8-14-24(19-29)32-25(30)26(31,22-11-5-6-12-22)21-9-3-2-4-10-21/h2-4,9-10,15-16,20,22,24,31H,5-8,11-14,17-19H2,1H3/q+1/t24-,26?,29?/m1/s1. The monoisotopic (exact) mass is 438 g/mol. The van der Waals surface area contributed by atoms with Crippen LogP contribution in [0.2, 0.25) is 0 Å². The fraction of sp³-hybridized carbons (Fsp3) is 0.577. The summed E-state index contributed by atoms with van der Waals surface area (Å²) in [5.41, 5.74) is 0.178. The average molecular weight is 439 g/mol. The normalized spacial score (nSPS) is 25.9. The molecule has 2 unspecified atom stereocenters. The highest BCUT2D eigenvalue weighted by Crippen LogP contribution is 2.42. The molecule has 1 aromatic carbocycles. The Morgan fingerprint density at radius 3 is 2.66 bits per heavy atom. The van der Waals surface area contributed by atoms with Crippen molar-refractivity contribution in [1.29, 1.82) is 0 Å². The molecule has 172 valence electrons. The van der Waals surface area contributed by atoms with Gasteiger partial charge in [0, 0.05) is 30.7 Å². The van der Waals surface area contributed by atoms with Crippen LogP contribution in [0.3, 0.4) is 0 Å². The number of hydrogen-bond acceptors (Lipinski definition) is 5. The second-order valence-electron chi connectivity index (χ2n) is 9.84. The van der Waals surface area contributed by atoms with Crippen molar-refractivity contribution in [3.8, 4) is 0 Å². The van der Waals surface area contributed by atoms with E-state index in [1.54, 1.807) is 12.5 Å². The molecular formula is C26H36N3O3+. The summed E-state index contributed by atoms with van der Waals surface area (Å²) in [6.07, 6.45) is 10.9. The number of aromatic nitrogens is 2. The average Bonchev–Trinajstić information content (AvgIpc) is 3.35. The molecule has 0 radical (unpaired) electrons.